The second-order valence-electron chi connectivity index (χ2n) is 5.79. The van der Waals surface area contributed by atoms with Crippen molar-refractivity contribution in [2.24, 2.45) is 11.8 Å². The monoisotopic (exact) mass is 296 g/mol. The van der Waals surface area contributed by atoms with Gasteiger partial charge in [-0.3, -0.25) is 0 Å². The Morgan fingerprint density at radius 1 is 1.35 bits per heavy atom. The Bertz CT molecular complexity index is 555. The van der Waals surface area contributed by atoms with E-state index in [0.717, 1.165) is 12.0 Å². The topological polar surface area (TPSA) is 49.4 Å². The predicted molar refractivity (Wildman–Crippen MR) is 80.9 cm³/mol. The molecule has 0 spiro atoms. The van der Waals surface area contributed by atoms with Crippen LogP contribution in [0.1, 0.15) is 25.8 Å². The van der Waals surface area contributed by atoms with Crippen LogP contribution in [0.2, 0.25) is 0 Å². The van der Waals surface area contributed by atoms with Crippen molar-refractivity contribution in [3.05, 3.63) is 29.8 Å². The lowest BCUT2D eigenvalue weighted by molar-refractivity contribution is 0.388. The number of benzene rings is 1. The summed E-state index contributed by atoms with van der Waals surface area (Å²) < 4.78 is 27.2. The molecule has 112 valence electrons. The standard InChI is InChI=1S/C15H24N2O2S/c1-12(2)14-8-9-17(11-14)20(18,19)15-7-5-4-6-13(15)10-16-3/h4-7,12,14,16H,8-11H2,1-3H3. The van der Waals surface area contributed by atoms with Crippen molar-refractivity contribution in [1.29, 1.82) is 0 Å². The van der Waals surface area contributed by atoms with Crippen LogP contribution in [0, 0.1) is 11.8 Å². The highest BCUT2D eigenvalue weighted by Crippen LogP contribution is 2.29. The van der Waals surface area contributed by atoms with Gasteiger partial charge in [0.25, 0.3) is 0 Å². The number of nitrogens with zero attached hydrogens (tertiary/aromatic N) is 1. The molecule has 1 saturated heterocycles. The fourth-order valence-electron chi connectivity index (χ4n) is 2.75. The molecule has 1 aliphatic heterocycles. The highest BCUT2D eigenvalue weighted by Gasteiger charge is 2.34. The number of hydrogen-bond acceptors (Lipinski definition) is 3. The Kier molecular flexibility index (Phi) is 4.83. The second kappa shape index (κ2) is 6.24. The van der Waals surface area contributed by atoms with Crippen LogP contribution < -0.4 is 5.32 Å². The zero-order valence-electron chi connectivity index (χ0n) is 12.5. The summed E-state index contributed by atoms with van der Waals surface area (Å²) in [7, 11) is -1.54. The van der Waals surface area contributed by atoms with E-state index >= 15 is 0 Å². The van der Waals surface area contributed by atoms with Crippen molar-refractivity contribution in [3.63, 3.8) is 0 Å². The van der Waals surface area contributed by atoms with E-state index in [9.17, 15) is 8.42 Å². The van der Waals surface area contributed by atoms with Gasteiger partial charge < -0.3 is 5.32 Å². The molecule has 20 heavy (non-hydrogen) atoms. The third-order valence-electron chi connectivity index (χ3n) is 4.09. The van der Waals surface area contributed by atoms with E-state index < -0.39 is 10.0 Å². The number of nitrogens with one attached hydrogen (secondary N) is 1. The van der Waals surface area contributed by atoms with E-state index in [-0.39, 0.29) is 0 Å². The van der Waals surface area contributed by atoms with Gasteiger partial charge in [0, 0.05) is 19.6 Å². The SMILES string of the molecule is CNCc1ccccc1S(=O)(=O)N1CCC(C(C)C)C1. The lowest BCUT2D eigenvalue weighted by atomic mass is 9.96. The maximum Gasteiger partial charge on any atom is 0.243 e. The van der Waals surface area contributed by atoms with Gasteiger partial charge in [-0.15, -0.1) is 0 Å². The summed E-state index contributed by atoms with van der Waals surface area (Å²) in [5.74, 6) is 1.00. The van der Waals surface area contributed by atoms with E-state index in [1.54, 1.807) is 16.4 Å². The van der Waals surface area contributed by atoms with Crippen molar-refractivity contribution in [1.82, 2.24) is 9.62 Å². The summed E-state index contributed by atoms with van der Waals surface area (Å²) in [5.41, 5.74) is 0.836. The molecule has 1 atom stereocenters. The van der Waals surface area contributed by atoms with Crippen LogP contribution in [0.4, 0.5) is 0 Å². The van der Waals surface area contributed by atoms with Crippen molar-refractivity contribution in [3.8, 4) is 0 Å². The van der Waals surface area contributed by atoms with E-state index in [4.69, 9.17) is 0 Å². The third kappa shape index (κ3) is 3.05. The third-order valence-corrected chi connectivity index (χ3v) is 6.05. The summed E-state index contributed by atoms with van der Waals surface area (Å²) in [5, 5.41) is 3.03. The fourth-order valence-corrected chi connectivity index (χ4v) is 4.48. The minimum absolute atomic E-state index is 0.443. The maximum absolute atomic E-state index is 12.8. The average Bonchev–Trinajstić information content (AvgIpc) is 2.90. The van der Waals surface area contributed by atoms with Gasteiger partial charge in [0.05, 0.1) is 4.90 Å². The van der Waals surface area contributed by atoms with Crippen LogP contribution in [0.5, 0.6) is 0 Å². The summed E-state index contributed by atoms with van der Waals surface area (Å²) in [6, 6.07) is 7.26. The van der Waals surface area contributed by atoms with Crippen molar-refractivity contribution >= 4 is 10.0 Å². The van der Waals surface area contributed by atoms with E-state index in [1.165, 1.54) is 0 Å². The quantitative estimate of drug-likeness (QED) is 0.905. The molecule has 0 amide bonds. The predicted octanol–water partition coefficient (Wildman–Crippen LogP) is 2.07. The first kappa shape index (κ1) is 15.5. The molecule has 0 aliphatic carbocycles. The van der Waals surface area contributed by atoms with Crippen LogP contribution in [0.25, 0.3) is 0 Å². The van der Waals surface area contributed by atoms with Gasteiger partial charge in [0.1, 0.15) is 0 Å². The number of hydrogen-bond donors (Lipinski definition) is 1. The van der Waals surface area contributed by atoms with E-state index in [2.05, 4.69) is 19.2 Å². The average molecular weight is 296 g/mol. The molecule has 5 heteroatoms. The molecule has 1 aromatic carbocycles. The molecule has 4 nitrogen and oxygen atoms in total. The van der Waals surface area contributed by atoms with Gasteiger partial charge >= 0.3 is 0 Å². The summed E-state index contributed by atoms with van der Waals surface area (Å²) >= 11 is 0. The molecule has 0 radical (unpaired) electrons. The van der Waals surface area contributed by atoms with Crippen molar-refractivity contribution in [2.75, 3.05) is 20.1 Å². The zero-order valence-corrected chi connectivity index (χ0v) is 13.3. The van der Waals surface area contributed by atoms with Gasteiger partial charge in [0.2, 0.25) is 10.0 Å². The Hall–Kier alpha value is -0.910. The minimum atomic E-state index is -3.36. The maximum atomic E-state index is 12.8. The molecule has 0 aromatic heterocycles. The van der Waals surface area contributed by atoms with Crippen LogP contribution in [0.15, 0.2) is 29.2 Å². The zero-order chi connectivity index (χ0) is 14.8. The lowest BCUT2D eigenvalue weighted by Crippen LogP contribution is -2.30. The summed E-state index contributed by atoms with van der Waals surface area (Å²) in [4.78, 5) is 0.443. The Labute approximate surface area is 122 Å². The Balaban J connectivity index is 2.28. The molecule has 1 aromatic rings. The summed E-state index contributed by atoms with van der Waals surface area (Å²) in [6.07, 6.45) is 0.963. The fraction of sp³-hybridized carbons (Fsp3) is 0.600. The van der Waals surface area contributed by atoms with Crippen LogP contribution in [-0.4, -0.2) is 32.9 Å². The Morgan fingerprint density at radius 3 is 2.65 bits per heavy atom. The molecule has 1 heterocycles. The molecular formula is C15H24N2O2S. The van der Waals surface area contributed by atoms with Crippen LogP contribution in [-0.2, 0) is 16.6 Å². The normalized spacial score (nSPS) is 20.7. The highest BCUT2D eigenvalue weighted by molar-refractivity contribution is 7.89. The molecule has 1 N–H and O–H groups in total. The van der Waals surface area contributed by atoms with Crippen molar-refractivity contribution in [2.45, 2.75) is 31.7 Å². The molecule has 1 fully saturated rings. The number of rotatable bonds is 5. The smallest absolute Gasteiger partial charge is 0.243 e. The van der Waals surface area contributed by atoms with Gasteiger partial charge in [-0.25, -0.2) is 8.42 Å². The van der Waals surface area contributed by atoms with Gasteiger partial charge in [0.15, 0.2) is 0 Å². The van der Waals surface area contributed by atoms with Crippen LogP contribution in [0.3, 0.4) is 0 Å². The molecule has 1 aliphatic rings. The molecule has 2 rings (SSSR count). The first-order valence-corrected chi connectivity index (χ1v) is 8.63. The summed E-state index contributed by atoms with van der Waals surface area (Å²) in [6.45, 7) is 6.18. The first-order valence-electron chi connectivity index (χ1n) is 7.19. The molecule has 0 bridgehead atoms. The van der Waals surface area contributed by atoms with Gasteiger partial charge in [-0.05, 0) is 36.9 Å². The molecule has 0 saturated carbocycles. The second-order valence-corrected chi connectivity index (χ2v) is 7.70. The Morgan fingerprint density at radius 2 is 2.05 bits per heavy atom. The highest BCUT2D eigenvalue weighted by atomic mass is 32.2. The van der Waals surface area contributed by atoms with E-state index in [0.29, 0.717) is 36.4 Å². The van der Waals surface area contributed by atoms with Crippen LogP contribution >= 0.6 is 0 Å². The minimum Gasteiger partial charge on any atom is -0.316 e. The molecule has 1 unspecified atom stereocenters. The largest absolute Gasteiger partial charge is 0.316 e. The van der Waals surface area contributed by atoms with Gasteiger partial charge in [-0.1, -0.05) is 32.0 Å². The number of sulfonamides is 1. The van der Waals surface area contributed by atoms with E-state index in [1.807, 2.05) is 19.2 Å². The first-order chi connectivity index (χ1) is 9.46. The van der Waals surface area contributed by atoms with Gasteiger partial charge in [-0.2, -0.15) is 4.31 Å². The lowest BCUT2D eigenvalue weighted by Gasteiger charge is -2.20. The van der Waals surface area contributed by atoms with Crippen molar-refractivity contribution < 1.29 is 8.42 Å². The molecular weight excluding hydrogens is 272 g/mol.